The molecule has 0 amide bonds. The van der Waals surface area contributed by atoms with Gasteiger partial charge in [0.2, 0.25) is 0 Å². The van der Waals surface area contributed by atoms with Gasteiger partial charge in [0.15, 0.2) is 0 Å². The minimum Gasteiger partial charge on any atom is -0.314 e. The van der Waals surface area contributed by atoms with Crippen molar-refractivity contribution in [2.75, 3.05) is 26.2 Å². The van der Waals surface area contributed by atoms with Crippen molar-refractivity contribution in [3.05, 3.63) is 33.3 Å². The van der Waals surface area contributed by atoms with E-state index in [0.717, 1.165) is 35.7 Å². The summed E-state index contributed by atoms with van der Waals surface area (Å²) in [6.07, 6.45) is 1.19. The van der Waals surface area contributed by atoms with Gasteiger partial charge >= 0.3 is 0 Å². The summed E-state index contributed by atoms with van der Waals surface area (Å²) in [6.45, 7) is 9.00. The van der Waals surface area contributed by atoms with Crippen LogP contribution < -0.4 is 5.32 Å². The first-order chi connectivity index (χ1) is 9.08. The van der Waals surface area contributed by atoms with E-state index in [-0.39, 0.29) is 0 Å². The van der Waals surface area contributed by atoms with Gasteiger partial charge in [0.05, 0.1) is 5.02 Å². The largest absolute Gasteiger partial charge is 0.314 e. The van der Waals surface area contributed by atoms with Crippen LogP contribution in [0, 0.1) is 5.92 Å². The van der Waals surface area contributed by atoms with Gasteiger partial charge in [-0.2, -0.15) is 0 Å². The summed E-state index contributed by atoms with van der Waals surface area (Å²) >= 11 is 9.65. The molecule has 1 fully saturated rings. The van der Waals surface area contributed by atoms with Crippen molar-refractivity contribution in [2.45, 2.75) is 26.3 Å². The lowest BCUT2D eigenvalue weighted by Gasteiger charge is -2.36. The molecule has 0 bridgehead atoms. The van der Waals surface area contributed by atoms with Crippen molar-refractivity contribution >= 4 is 27.5 Å². The van der Waals surface area contributed by atoms with E-state index in [0.29, 0.717) is 12.0 Å². The van der Waals surface area contributed by atoms with Crippen LogP contribution in [0.4, 0.5) is 0 Å². The normalized spacial score (nSPS) is 18.8. The highest BCUT2D eigenvalue weighted by atomic mass is 79.9. The monoisotopic (exact) mass is 344 g/mol. The Hall–Kier alpha value is -0.0900. The molecule has 0 saturated carbocycles. The molecular weight excluding hydrogens is 324 g/mol. The first-order valence-corrected chi connectivity index (χ1v) is 8.14. The van der Waals surface area contributed by atoms with Crippen LogP contribution >= 0.6 is 27.5 Å². The first-order valence-electron chi connectivity index (χ1n) is 6.97. The Bertz CT molecular complexity index is 417. The highest BCUT2D eigenvalue weighted by Crippen LogP contribution is 2.32. The molecule has 1 atom stereocenters. The van der Waals surface area contributed by atoms with Crippen LogP contribution in [-0.4, -0.2) is 31.1 Å². The van der Waals surface area contributed by atoms with E-state index in [1.54, 1.807) is 0 Å². The Morgan fingerprint density at radius 1 is 1.32 bits per heavy atom. The molecule has 2 rings (SSSR count). The minimum atomic E-state index is 0.496. The molecule has 1 aliphatic rings. The van der Waals surface area contributed by atoms with E-state index in [2.05, 4.69) is 52.1 Å². The fourth-order valence-corrected chi connectivity index (χ4v) is 3.17. The maximum atomic E-state index is 6.11. The van der Waals surface area contributed by atoms with Crippen LogP contribution in [0.25, 0.3) is 0 Å². The second-order valence-corrected chi connectivity index (χ2v) is 6.87. The van der Waals surface area contributed by atoms with Crippen LogP contribution in [-0.2, 0) is 0 Å². The number of halogens is 2. The average molecular weight is 346 g/mol. The molecule has 4 heteroatoms. The van der Waals surface area contributed by atoms with Gasteiger partial charge in [0, 0.05) is 36.7 Å². The highest BCUT2D eigenvalue weighted by Gasteiger charge is 2.23. The number of benzene rings is 1. The molecule has 1 N–H and O–H groups in total. The van der Waals surface area contributed by atoms with Crippen molar-refractivity contribution in [1.29, 1.82) is 0 Å². The Balaban J connectivity index is 2.22. The molecule has 1 aliphatic heterocycles. The molecule has 0 spiro atoms. The number of nitrogens with zero attached hydrogens (tertiary/aromatic N) is 1. The standard InChI is InChI=1S/C15H22BrClN2/c1-11(2)9-15(19-7-5-18-6-8-19)12-3-4-14(17)13(16)10-12/h3-4,10-11,15,18H,5-9H2,1-2H3/t15-/m0/s1. The van der Waals surface area contributed by atoms with E-state index >= 15 is 0 Å². The third-order valence-electron chi connectivity index (χ3n) is 3.62. The van der Waals surface area contributed by atoms with Crippen molar-refractivity contribution in [2.24, 2.45) is 5.92 Å². The molecule has 1 aromatic carbocycles. The predicted octanol–water partition coefficient (Wildman–Crippen LogP) is 4.09. The third-order valence-corrected chi connectivity index (χ3v) is 4.83. The van der Waals surface area contributed by atoms with Gasteiger partial charge in [0.25, 0.3) is 0 Å². The van der Waals surface area contributed by atoms with E-state index in [1.165, 1.54) is 12.0 Å². The summed E-state index contributed by atoms with van der Waals surface area (Å²) < 4.78 is 0.996. The topological polar surface area (TPSA) is 15.3 Å². The van der Waals surface area contributed by atoms with Crippen LogP contribution in [0.3, 0.4) is 0 Å². The van der Waals surface area contributed by atoms with Crippen molar-refractivity contribution < 1.29 is 0 Å². The van der Waals surface area contributed by atoms with Crippen molar-refractivity contribution in [3.8, 4) is 0 Å². The van der Waals surface area contributed by atoms with Gasteiger partial charge < -0.3 is 5.32 Å². The summed E-state index contributed by atoms with van der Waals surface area (Å²) in [7, 11) is 0. The predicted molar refractivity (Wildman–Crippen MR) is 85.8 cm³/mol. The van der Waals surface area contributed by atoms with Gasteiger partial charge in [-0.25, -0.2) is 0 Å². The summed E-state index contributed by atoms with van der Waals surface area (Å²) in [5.41, 5.74) is 1.37. The fourth-order valence-electron chi connectivity index (χ4n) is 2.66. The van der Waals surface area contributed by atoms with Crippen LogP contribution in [0.1, 0.15) is 31.9 Å². The van der Waals surface area contributed by atoms with E-state index in [4.69, 9.17) is 11.6 Å². The summed E-state index contributed by atoms with van der Waals surface area (Å²) in [4.78, 5) is 2.59. The number of hydrogen-bond donors (Lipinski definition) is 1. The number of rotatable bonds is 4. The molecule has 19 heavy (non-hydrogen) atoms. The van der Waals surface area contributed by atoms with Gasteiger partial charge in [-0.1, -0.05) is 31.5 Å². The molecule has 2 nitrogen and oxygen atoms in total. The summed E-state index contributed by atoms with van der Waals surface area (Å²) in [5, 5.41) is 4.21. The lowest BCUT2D eigenvalue weighted by atomic mass is 9.95. The van der Waals surface area contributed by atoms with Crippen molar-refractivity contribution in [3.63, 3.8) is 0 Å². The van der Waals surface area contributed by atoms with Gasteiger partial charge in [0.1, 0.15) is 0 Å². The smallest absolute Gasteiger partial charge is 0.0548 e. The van der Waals surface area contributed by atoms with E-state index < -0.39 is 0 Å². The number of nitrogens with one attached hydrogen (secondary N) is 1. The van der Waals surface area contributed by atoms with Gasteiger partial charge in [-0.05, 0) is 46.0 Å². The zero-order chi connectivity index (χ0) is 13.8. The third kappa shape index (κ3) is 4.19. The van der Waals surface area contributed by atoms with Crippen LogP contribution in [0.5, 0.6) is 0 Å². The Labute approximate surface area is 129 Å². The maximum Gasteiger partial charge on any atom is 0.0548 e. The molecule has 0 aliphatic carbocycles. The first kappa shape index (κ1) is 15.3. The number of hydrogen-bond acceptors (Lipinski definition) is 2. The van der Waals surface area contributed by atoms with Crippen molar-refractivity contribution in [1.82, 2.24) is 10.2 Å². The lowest BCUT2D eigenvalue weighted by molar-refractivity contribution is 0.154. The van der Waals surface area contributed by atoms with Gasteiger partial charge in [-0.3, -0.25) is 4.90 Å². The minimum absolute atomic E-state index is 0.496. The van der Waals surface area contributed by atoms with E-state index in [1.807, 2.05) is 6.07 Å². The molecule has 1 heterocycles. The molecular formula is C15H22BrClN2. The van der Waals surface area contributed by atoms with E-state index in [9.17, 15) is 0 Å². The SMILES string of the molecule is CC(C)C[C@@H](c1ccc(Cl)c(Br)c1)N1CCNCC1. The highest BCUT2D eigenvalue weighted by molar-refractivity contribution is 9.10. The molecule has 0 aromatic heterocycles. The van der Waals surface area contributed by atoms with Gasteiger partial charge in [-0.15, -0.1) is 0 Å². The second-order valence-electron chi connectivity index (χ2n) is 5.60. The Morgan fingerprint density at radius 3 is 2.58 bits per heavy atom. The summed E-state index contributed by atoms with van der Waals surface area (Å²) in [6, 6.07) is 6.84. The maximum absolute atomic E-state index is 6.11. The fraction of sp³-hybridized carbons (Fsp3) is 0.600. The van der Waals surface area contributed by atoms with Crippen LogP contribution in [0.2, 0.25) is 5.02 Å². The Morgan fingerprint density at radius 2 is 2.00 bits per heavy atom. The number of piperazine rings is 1. The molecule has 1 saturated heterocycles. The average Bonchev–Trinajstić information content (AvgIpc) is 2.40. The Kier molecular flexibility index (Phi) is 5.70. The molecule has 0 radical (unpaired) electrons. The molecule has 0 unspecified atom stereocenters. The quantitative estimate of drug-likeness (QED) is 0.884. The zero-order valence-corrected chi connectivity index (χ0v) is 14.0. The second kappa shape index (κ2) is 7.07. The molecule has 1 aromatic rings. The molecule has 106 valence electrons. The lowest BCUT2D eigenvalue weighted by Crippen LogP contribution is -2.45. The van der Waals surface area contributed by atoms with Crippen LogP contribution in [0.15, 0.2) is 22.7 Å². The summed E-state index contributed by atoms with van der Waals surface area (Å²) in [5.74, 6) is 0.689. The zero-order valence-electron chi connectivity index (χ0n) is 11.6.